The zero-order valence-electron chi connectivity index (χ0n) is 13.9. The van der Waals surface area contributed by atoms with Crippen molar-refractivity contribution in [3.8, 4) is 11.5 Å². The Labute approximate surface area is 160 Å². The van der Waals surface area contributed by atoms with Gasteiger partial charge in [0.1, 0.15) is 0 Å². The second-order valence-electron chi connectivity index (χ2n) is 5.35. The molecule has 4 nitrogen and oxygen atoms in total. The number of carbonyl (C=O) groups is 1. The zero-order chi connectivity index (χ0) is 19.1. The van der Waals surface area contributed by atoms with Crippen LogP contribution in [0.5, 0.6) is 11.5 Å². The van der Waals surface area contributed by atoms with Crippen LogP contribution in [-0.4, -0.2) is 26.2 Å². The summed E-state index contributed by atoms with van der Waals surface area (Å²) in [6, 6.07) is 9.42. The number of ether oxygens (including phenoxy) is 2. The second kappa shape index (κ2) is 9.59. The van der Waals surface area contributed by atoms with E-state index >= 15 is 0 Å². The van der Waals surface area contributed by atoms with Crippen molar-refractivity contribution >= 4 is 29.1 Å². The first-order valence-electron chi connectivity index (χ1n) is 7.75. The predicted octanol–water partition coefficient (Wildman–Crippen LogP) is 4.97. The number of benzene rings is 2. The molecule has 0 unspecified atom stereocenters. The first kappa shape index (κ1) is 20.3. The van der Waals surface area contributed by atoms with E-state index in [1.807, 2.05) is 6.07 Å². The molecule has 0 heterocycles. The van der Waals surface area contributed by atoms with Crippen LogP contribution in [0.25, 0.3) is 0 Å². The third-order valence-corrected chi connectivity index (χ3v) is 4.29. The van der Waals surface area contributed by atoms with Gasteiger partial charge in [-0.1, -0.05) is 29.3 Å². The SMILES string of the molecule is COc1cc(C(=O)NCCCc2ccc(Cl)c(Cl)c2)ccc1OC(F)F. The minimum atomic E-state index is -2.97. The molecule has 0 aliphatic heterocycles. The molecule has 0 aliphatic carbocycles. The van der Waals surface area contributed by atoms with Crippen LogP contribution in [0.15, 0.2) is 36.4 Å². The number of carbonyl (C=O) groups excluding carboxylic acids is 1. The van der Waals surface area contributed by atoms with Crippen LogP contribution in [0.4, 0.5) is 8.78 Å². The van der Waals surface area contributed by atoms with Crippen molar-refractivity contribution in [2.75, 3.05) is 13.7 Å². The number of hydrogen-bond acceptors (Lipinski definition) is 3. The van der Waals surface area contributed by atoms with Gasteiger partial charge in [0.15, 0.2) is 11.5 Å². The summed E-state index contributed by atoms with van der Waals surface area (Å²) in [5.74, 6) is -0.395. The Kier molecular flexibility index (Phi) is 7.48. The van der Waals surface area contributed by atoms with E-state index in [-0.39, 0.29) is 23.0 Å². The van der Waals surface area contributed by atoms with Crippen LogP contribution in [0.1, 0.15) is 22.3 Å². The molecule has 140 valence electrons. The molecule has 1 N–H and O–H groups in total. The first-order valence-corrected chi connectivity index (χ1v) is 8.51. The molecular weight excluding hydrogens is 387 g/mol. The quantitative estimate of drug-likeness (QED) is 0.633. The molecule has 26 heavy (non-hydrogen) atoms. The highest BCUT2D eigenvalue weighted by Crippen LogP contribution is 2.29. The summed E-state index contributed by atoms with van der Waals surface area (Å²) in [7, 11) is 1.31. The lowest BCUT2D eigenvalue weighted by molar-refractivity contribution is -0.0512. The van der Waals surface area contributed by atoms with Gasteiger partial charge in [-0.05, 0) is 48.7 Å². The first-order chi connectivity index (χ1) is 12.4. The van der Waals surface area contributed by atoms with Crippen LogP contribution in [-0.2, 0) is 6.42 Å². The maximum Gasteiger partial charge on any atom is 0.387 e. The fraction of sp³-hybridized carbons (Fsp3) is 0.278. The van der Waals surface area contributed by atoms with E-state index in [1.54, 1.807) is 12.1 Å². The van der Waals surface area contributed by atoms with E-state index in [0.29, 0.717) is 23.0 Å². The molecule has 0 aliphatic rings. The largest absolute Gasteiger partial charge is 0.493 e. The molecular formula is C18H17Cl2F2NO3. The Morgan fingerprint density at radius 1 is 1.12 bits per heavy atom. The van der Waals surface area contributed by atoms with Gasteiger partial charge in [0, 0.05) is 12.1 Å². The van der Waals surface area contributed by atoms with Crippen molar-refractivity contribution in [2.24, 2.45) is 0 Å². The van der Waals surface area contributed by atoms with Crippen molar-refractivity contribution in [3.05, 3.63) is 57.6 Å². The second-order valence-corrected chi connectivity index (χ2v) is 6.17. The number of hydrogen-bond donors (Lipinski definition) is 1. The molecule has 2 aromatic carbocycles. The van der Waals surface area contributed by atoms with Crippen molar-refractivity contribution in [3.63, 3.8) is 0 Å². The summed E-state index contributed by atoms with van der Waals surface area (Å²) in [6.07, 6.45) is 1.43. The van der Waals surface area contributed by atoms with Gasteiger partial charge in [-0.15, -0.1) is 0 Å². The summed E-state index contributed by atoms with van der Waals surface area (Å²) < 4.78 is 33.9. The highest BCUT2D eigenvalue weighted by Gasteiger charge is 2.14. The highest BCUT2D eigenvalue weighted by atomic mass is 35.5. The topological polar surface area (TPSA) is 47.6 Å². The summed E-state index contributed by atoms with van der Waals surface area (Å²) in [5, 5.41) is 3.75. The van der Waals surface area contributed by atoms with Crippen molar-refractivity contribution < 1.29 is 23.0 Å². The van der Waals surface area contributed by atoms with Crippen molar-refractivity contribution in [2.45, 2.75) is 19.5 Å². The van der Waals surface area contributed by atoms with Crippen LogP contribution in [0.3, 0.4) is 0 Å². The molecule has 0 aromatic heterocycles. The van der Waals surface area contributed by atoms with Gasteiger partial charge >= 0.3 is 6.61 Å². The Bertz CT molecular complexity index is 772. The summed E-state index contributed by atoms with van der Waals surface area (Å²) in [6.45, 7) is -2.53. The number of aryl methyl sites for hydroxylation is 1. The third kappa shape index (κ3) is 5.75. The Morgan fingerprint density at radius 3 is 2.54 bits per heavy atom. The van der Waals surface area contributed by atoms with Crippen molar-refractivity contribution in [1.82, 2.24) is 5.32 Å². The van der Waals surface area contributed by atoms with Gasteiger partial charge < -0.3 is 14.8 Å². The van der Waals surface area contributed by atoms with Gasteiger partial charge in [-0.2, -0.15) is 8.78 Å². The number of methoxy groups -OCH3 is 1. The zero-order valence-corrected chi connectivity index (χ0v) is 15.4. The molecule has 2 aromatic rings. The van der Waals surface area contributed by atoms with Gasteiger partial charge in [0.2, 0.25) is 0 Å². The Balaban J connectivity index is 1.88. The van der Waals surface area contributed by atoms with Gasteiger partial charge in [-0.25, -0.2) is 0 Å². The van der Waals surface area contributed by atoms with Crippen molar-refractivity contribution in [1.29, 1.82) is 0 Å². The fourth-order valence-corrected chi connectivity index (χ4v) is 2.61. The molecule has 0 fully saturated rings. The Hall–Kier alpha value is -2.05. The van der Waals surface area contributed by atoms with Gasteiger partial charge in [0.25, 0.3) is 5.91 Å². The van der Waals surface area contributed by atoms with Gasteiger partial charge in [0.05, 0.1) is 17.2 Å². The lowest BCUT2D eigenvalue weighted by atomic mass is 10.1. The molecule has 2 rings (SSSR count). The maximum atomic E-state index is 12.3. The minimum Gasteiger partial charge on any atom is -0.493 e. The maximum absolute atomic E-state index is 12.3. The molecule has 0 atom stereocenters. The molecule has 0 saturated heterocycles. The number of halogens is 4. The normalized spacial score (nSPS) is 10.7. The summed E-state index contributed by atoms with van der Waals surface area (Å²) in [4.78, 5) is 12.2. The van der Waals surface area contributed by atoms with E-state index in [0.717, 1.165) is 12.0 Å². The van der Waals surface area contributed by atoms with Crippen LogP contribution >= 0.6 is 23.2 Å². The Morgan fingerprint density at radius 2 is 1.88 bits per heavy atom. The van der Waals surface area contributed by atoms with Crippen LogP contribution in [0, 0.1) is 0 Å². The molecule has 0 spiro atoms. The van der Waals surface area contributed by atoms with Gasteiger partial charge in [-0.3, -0.25) is 4.79 Å². The number of alkyl halides is 2. The van der Waals surface area contributed by atoms with E-state index in [2.05, 4.69) is 10.1 Å². The molecule has 1 amide bonds. The fourth-order valence-electron chi connectivity index (χ4n) is 2.29. The highest BCUT2D eigenvalue weighted by molar-refractivity contribution is 6.42. The lowest BCUT2D eigenvalue weighted by Gasteiger charge is -2.11. The van der Waals surface area contributed by atoms with E-state index < -0.39 is 6.61 Å². The number of rotatable bonds is 8. The molecule has 8 heteroatoms. The standard InChI is InChI=1S/C18H17Cl2F2NO3/c1-25-16-10-12(5-7-15(16)26-18(21)22)17(24)23-8-2-3-11-4-6-13(19)14(20)9-11/h4-7,9-10,18H,2-3,8H2,1H3,(H,23,24). The van der Waals surface area contributed by atoms with Crippen LogP contribution in [0.2, 0.25) is 10.0 Å². The average Bonchev–Trinajstić information content (AvgIpc) is 2.61. The number of amides is 1. The lowest BCUT2D eigenvalue weighted by Crippen LogP contribution is -2.24. The third-order valence-electron chi connectivity index (χ3n) is 3.55. The molecule has 0 bridgehead atoms. The molecule has 0 radical (unpaired) electrons. The monoisotopic (exact) mass is 403 g/mol. The minimum absolute atomic E-state index is 0.0637. The predicted molar refractivity (Wildman–Crippen MR) is 96.7 cm³/mol. The molecule has 0 saturated carbocycles. The van der Waals surface area contributed by atoms with E-state index in [4.69, 9.17) is 27.9 Å². The average molecular weight is 404 g/mol. The smallest absolute Gasteiger partial charge is 0.387 e. The summed E-state index contributed by atoms with van der Waals surface area (Å²) in [5.41, 5.74) is 1.31. The van der Waals surface area contributed by atoms with E-state index in [1.165, 1.54) is 25.3 Å². The summed E-state index contributed by atoms with van der Waals surface area (Å²) >= 11 is 11.8. The van der Waals surface area contributed by atoms with Crippen LogP contribution < -0.4 is 14.8 Å². The number of nitrogens with one attached hydrogen (secondary N) is 1. The van der Waals surface area contributed by atoms with E-state index in [9.17, 15) is 13.6 Å².